The second-order valence-electron chi connectivity index (χ2n) is 4.83. The Morgan fingerprint density at radius 1 is 1.33 bits per heavy atom. The van der Waals surface area contributed by atoms with Crippen LogP contribution >= 0.6 is 0 Å². The van der Waals surface area contributed by atoms with Gasteiger partial charge in [0.05, 0.1) is 23.5 Å². The Balaban J connectivity index is 1.94. The summed E-state index contributed by atoms with van der Waals surface area (Å²) in [6, 6.07) is 3.93. The van der Waals surface area contributed by atoms with Crippen molar-refractivity contribution >= 4 is 11.7 Å². The molecule has 0 radical (unpaired) electrons. The number of morpholine rings is 1. The Labute approximate surface area is 104 Å². The fourth-order valence-electron chi connectivity index (χ4n) is 2.77. The number of ether oxygens (including phenoxy) is 1. The van der Waals surface area contributed by atoms with Gasteiger partial charge in [-0.3, -0.25) is 0 Å². The maximum atomic E-state index is 13.1. The maximum Gasteiger partial charge on any atom is 0.337 e. The molecule has 2 saturated heterocycles. The van der Waals surface area contributed by atoms with E-state index in [1.54, 1.807) is 6.07 Å². The smallest absolute Gasteiger partial charge is 0.337 e. The predicted molar refractivity (Wildman–Crippen MR) is 63.5 cm³/mol. The molecule has 2 unspecified atom stereocenters. The summed E-state index contributed by atoms with van der Waals surface area (Å²) in [5.41, 5.74) is 0.611. The Morgan fingerprint density at radius 3 is 2.61 bits per heavy atom. The van der Waals surface area contributed by atoms with E-state index in [2.05, 4.69) is 0 Å². The standard InChI is InChI=1S/C13H14FNO3/c14-8-1-4-12(11(5-8)13(16)17)15-6-9-2-3-10(7-15)18-9/h1,4-5,9-10H,2-3,6-7H2,(H,16,17). The largest absolute Gasteiger partial charge is 0.478 e. The number of fused-ring (bicyclic) bond motifs is 2. The van der Waals surface area contributed by atoms with E-state index < -0.39 is 11.8 Å². The number of carbonyl (C=O) groups is 1. The van der Waals surface area contributed by atoms with Crippen LogP contribution in [0.25, 0.3) is 0 Å². The molecule has 3 rings (SSSR count). The molecule has 1 N–H and O–H groups in total. The van der Waals surface area contributed by atoms with Gasteiger partial charge in [-0.25, -0.2) is 9.18 Å². The first-order valence-corrected chi connectivity index (χ1v) is 6.07. The first kappa shape index (κ1) is 11.5. The van der Waals surface area contributed by atoms with Crippen LogP contribution in [0.4, 0.5) is 10.1 Å². The number of nitrogens with zero attached hydrogens (tertiary/aromatic N) is 1. The van der Waals surface area contributed by atoms with Crippen LogP contribution in [0.2, 0.25) is 0 Å². The van der Waals surface area contributed by atoms with E-state index in [1.165, 1.54) is 6.07 Å². The van der Waals surface area contributed by atoms with Crippen LogP contribution in [0.15, 0.2) is 18.2 Å². The van der Waals surface area contributed by atoms with E-state index >= 15 is 0 Å². The number of hydrogen-bond donors (Lipinski definition) is 1. The van der Waals surface area contributed by atoms with E-state index in [-0.39, 0.29) is 17.8 Å². The Bertz CT molecular complexity index is 479. The van der Waals surface area contributed by atoms with Crippen LogP contribution in [-0.2, 0) is 4.74 Å². The van der Waals surface area contributed by atoms with E-state index in [4.69, 9.17) is 9.84 Å². The lowest BCUT2D eigenvalue weighted by Gasteiger charge is -2.34. The number of aromatic carboxylic acids is 1. The molecule has 0 spiro atoms. The van der Waals surface area contributed by atoms with Gasteiger partial charge in [-0.15, -0.1) is 0 Å². The third-order valence-corrected chi connectivity index (χ3v) is 3.57. The summed E-state index contributed by atoms with van der Waals surface area (Å²) in [7, 11) is 0. The molecule has 2 bridgehead atoms. The van der Waals surface area contributed by atoms with Crippen molar-refractivity contribution < 1.29 is 19.0 Å². The summed E-state index contributed by atoms with van der Waals surface area (Å²) in [6.45, 7) is 1.37. The molecule has 2 atom stereocenters. The van der Waals surface area contributed by atoms with Crippen LogP contribution in [0.1, 0.15) is 23.2 Å². The van der Waals surface area contributed by atoms with Crippen LogP contribution in [0, 0.1) is 5.82 Å². The number of benzene rings is 1. The zero-order valence-corrected chi connectivity index (χ0v) is 9.80. The zero-order valence-electron chi connectivity index (χ0n) is 9.80. The molecule has 4 nitrogen and oxygen atoms in total. The third-order valence-electron chi connectivity index (χ3n) is 3.57. The maximum absolute atomic E-state index is 13.1. The molecule has 2 heterocycles. The fourth-order valence-corrected chi connectivity index (χ4v) is 2.77. The number of hydrogen-bond acceptors (Lipinski definition) is 3. The van der Waals surface area contributed by atoms with Crippen LogP contribution < -0.4 is 4.90 Å². The molecule has 2 aliphatic rings. The highest BCUT2D eigenvalue weighted by molar-refractivity contribution is 5.94. The molecule has 1 aromatic rings. The van der Waals surface area contributed by atoms with E-state index in [0.717, 1.165) is 18.9 Å². The van der Waals surface area contributed by atoms with Crippen LogP contribution in [0.3, 0.4) is 0 Å². The van der Waals surface area contributed by atoms with Gasteiger partial charge in [0.2, 0.25) is 0 Å². The Morgan fingerprint density at radius 2 is 2.00 bits per heavy atom. The van der Waals surface area contributed by atoms with Gasteiger partial charge in [0.1, 0.15) is 5.82 Å². The third kappa shape index (κ3) is 1.95. The summed E-state index contributed by atoms with van der Waals surface area (Å²) in [6.07, 6.45) is 2.39. The lowest BCUT2D eigenvalue weighted by atomic mass is 10.1. The first-order chi connectivity index (χ1) is 8.63. The van der Waals surface area contributed by atoms with Gasteiger partial charge in [0.15, 0.2) is 0 Å². The Hall–Kier alpha value is -1.62. The summed E-state index contributed by atoms with van der Waals surface area (Å²) in [4.78, 5) is 13.2. The van der Waals surface area contributed by atoms with Crippen molar-refractivity contribution in [2.45, 2.75) is 25.0 Å². The minimum absolute atomic E-state index is 0.0244. The lowest BCUT2D eigenvalue weighted by molar-refractivity contribution is 0.0303. The van der Waals surface area contributed by atoms with Crippen molar-refractivity contribution in [3.63, 3.8) is 0 Å². The quantitative estimate of drug-likeness (QED) is 0.872. The van der Waals surface area contributed by atoms with E-state index in [0.29, 0.717) is 18.8 Å². The Kier molecular flexibility index (Phi) is 2.70. The van der Waals surface area contributed by atoms with Gasteiger partial charge in [0, 0.05) is 13.1 Å². The molecule has 96 valence electrons. The number of carboxylic acids is 1. The lowest BCUT2D eigenvalue weighted by Crippen LogP contribution is -2.43. The molecule has 1 aromatic carbocycles. The SMILES string of the molecule is O=C(O)c1cc(F)ccc1N1CC2CCC(C1)O2. The summed E-state index contributed by atoms with van der Waals surface area (Å²) in [5.74, 6) is -1.62. The van der Waals surface area contributed by atoms with Gasteiger partial charge in [-0.05, 0) is 31.0 Å². The molecule has 2 fully saturated rings. The van der Waals surface area contributed by atoms with Crippen molar-refractivity contribution in [2.75, 3.05) is 18.0 Å². The first-order valence-electron chi connectivity index (χ1n) is 6.07. The van der Waals surface area contributed by atoms with Crippen LogP contribution in [-0.4, -0.2) is 36.4 Å². The number of halogens is 1. The molecule has 0 amide bonds. The molecule has 18 heavy (non-hydrogen) atoms. The van der Waals surface area contributed by atoms with Gasteiger partial charge in [-0.2, -0.15) is 0 Å². The highest BCUT2D eigenvalue weighted by Gasteiger charge is 2.34. The second kappa shape index (κ2) is 4.24. The van der Waals surface area contributed by atoms with E-state index in [9.17, 15) is 9.18 Å². The van der Waals surface area contributed by atoms with Crippen molar-refractivity contribution in [2.24, 2.45) is 0 Å². The minimum Gasteiger partial charge on any atom is -0.478 e. The topological polar surface area (TPSA) is 49.8 Å². The average molecular weight is 251 g/mol. The monoisotopic (exact) mass is 251 g/mol. The molecular weight excluding hydrogens is 237 g/mol. The highest BCUT2D eigenvalue weighted by atomic mass is 19.1. The summed E-state index contributed by atoms with van der Waals surface area (Å²) in [5, 5.41) is 9.14. The highest BCUT2D eigenvalue weighted by Crippen LogP contribution is 2.31. The van der Waals surface area contributed by atoms with Crippen molar-refractivity contribution in [3.8, 4) is 0 Å². The molecule has 0 aliphatic carbocycles. The van der Waals surface area contributed by atoms with Crippen molar-refractivity contribution in [1.82, 2.24) is 0 Å². The van der Waals surface area contributed by atoms with Crippen LogP contribution in [0.5, 0.6) is 0 Å². The van der Waals surface area contributed by atoms with Gasteiger partial charge in [-0.1, -0.05) is 0 Å². The molecule has 0 saturated carbocycles. The number of carboxylic acid groups (broad SMARTS) is 1. The zero-order chi connectivity index (χ0) is 12.7. The van der Waals surface area contributed by atoms with E-state index in [1.807, 2.05) is 4.90 Å². The summed E-state index contributed by atoms with van der Waals surface area (Å²) < 4.78 is 18.8. The minimum atomic E-state index is -1.09. The summed E-state index contributed by atoms with van der Waals surface area (Å²) >= 11 is 0. The number of anilines is 1. The normalized spacial score (nSPS) is 26.4. The number of rotatable bonds is 2. The van der Waals surface area contributed by atoms with Gasteiger partial charge >= 0.3 is 5.97 Å². The molecule has 5 heteroatoms. The average Bonchev–Trinajstić information content (AvgIpc) is 2.68. The second-order valence-corrected chi connectivity index (χ2v) is 4.83. The molecular formula is C13H14FNO3. The fraction of sp³-hybridized carbons (Fsp3) is 0.462. The molecule has 0 aromatic heterocycles. The van der Waals surface area contributed by atoms with Gasteiger partial charge < -0.3 is 14.7 Å². The van der Waals surface area contributed by atoms with Gasteiger partial charge in [0.25, 0.3) is 0 Å². The predicted octanol–water partition coefficient (Wildman–Crippen LogP) is 1.89. The van der Waals surface area contributed by atoms with Crippen molar-refractivity contribution in [1.29, 1.82) is 0 Å². The molecule has 2 aliphatic heterocycles. The van der Waals surface area contributed by atoms with Crippen molar-refractivity contribution in [3.05, 3.63) is 29.6 Å².